The maximum Gasteiger partial charge on any atom is 0.251 e. The first-order chi connectivity index (χ1) is 18.0. The van der Waals surface area contributed by atoms with Crippen molar-refractivity contribution in [1.29, 1.82) is 0 Å². The average molecular weight is 496 g/mol. The molecule has 1 atom stereocenters. The fraction of sp³-hybridized carbons (Fsp3) is 0.200. The van der Waals surface area contributed by atoms with Crippen molar-refractivity contribution in [2.24, 2.45) is 0 Å². The minimum atomic E-state index is -0.239. The van der Waals surface area contributed by atoms with Crippen molar-refractivity contribution in [3.8, 4) is 0 Å². The van der Waals surface area contributed by atoms with Gasteiger partial charge in [-0.3, -0.25) is 9.59 Å². The zero-order chi connectivity index (χ0) is 25.5. The first kappa shape index (κ1) is 23.0. The number of nitrogens with zero attached hydrogens (tertiary/aromatic N) is 1. The molecule has 1 saturated heterocycles. The predicted octanol–water partition coefficient (Wildman–Crippen LogP) is 6.24. The zero-order valence-corrected chi connectivity index (χ0v) is 20.4. The summed E-state index contributed by atoms with van der Waals surface area (Å²) < 4.78 is 20.0. The number of carbonyl (C=O) groups is 2. The molecule has 37 heavy (non-hydrogen) atoms. The third kappa shape index (κ3) is 4.27. The number of rotatable bonds is 5. The Bertz CT molecular complexity index is 1680. The van der Waals surface area contributed by atoms with E-state index in [1.807, 2.05) is 49.4 Å². The van der Waals surface area contributed by atoms with Gasteiger partial charge in [-0.15, -0.1) is 0 Å². The number of hydrogen-bond acceptors (Lipinski definition) is 4. The third-order valence-corrected chi connectivity index (χ3v) is 6.99. The number of nitrogens with one attached hydrogen (secondary N) is 2. The van der Waals surface area contributed by atoms with Crippen LogP contribution in [-0.4, -0.2) is 30.9 Å². The van der Waals surface area contributed by atoms with E-state index in [2.05, 4.69) is 10.6 Å². The molecule has 0 bridgehead atoms. The lowest BCUT2D eigenvalue weighted by Gasteiger charge is -2.32. The van der Waals surface area contributed by atoms with Crippen molar-refractivity contribution in [2.45, 2.75) is 25.8 Å². The number of benzene rings is 4. The Labute approximate surface area is 213 Å². The topological polar surface area (TPSA) is 74.6 Å². The molecule has 1 fully saturated rings. The van der Waals surface area contributed by atoms with Crippen LogP contribution in [0.4, 0.5) is 15.8 Å². The molecule has 1 aliphatic heterocycles. The van der Waals surface area contributed by atoms with Gasteiger partial charge in [-0.05, 0) is 73.3 Å². The number of furan rings is 1. The van der Waals surface area contributed by atoms with Gasteiger partial charge >= 0.3 is 0 Å². The summed E-state index contributed by atoms with van der Waals surface area (Å²) in [6.07, 6.45) is 1.14. The maximum absolute atomic E-state index is 14.0. The molecule has 0 radical (unpaired) electrons. The number of anilines is 2. The number of carbonyl (C=O) groups excluding carboxylic acids is 2. The van der Waals surface area contributed by atoms with E-state index in [1.54, 1.807) is 29.2 Å². The SMILES string of the molecule is CCNC(=O)c1ccc2c(c1)oc1cc(N3CC[C@H](Nc4ccc5c(F)cccc5c4)CC3=O)ccc12. The highest BCUT2D eigenvalue weighted by Crippen LogP contribution is 2.33. The van der Waals surface area contributed by atoms with Crippen molar-refractivity contribution in [1.82, 2.24) is 5.32 Å². The van der Waals surface area contributed by atoms with E-state index in [0.717, 1.165) is 34.0 Å². The van der Waals surface area contributed by atoms with Gasteiger partial charge in [0.2, 0.25) is 5.91 Å². The molecule has 7 heteroatoms. The lowest BCUT2D eigenvalue weighted by Crippen LogP contribution is -2.43. The van der Waals surface area contributed by atoms with Gasteiger partial charge in [0, 0.05) is 64.7 Å². The van der Waals surface area contributed by atoms with E-state index in [-0.39, 0.29) is 23.7 Å². The quantitative estimate of drug-likeness (QED) is 0.303. The van der Waals surface area contributed by atoms with Crippen LogP contribution >= 0.6 is 0 Å². The van der Waals surface area contributed by atoms with Gasteiger partial charge in [-0.25, -0.2) is 4.39 Å². The number of amides is 2. The summed E-state index contributed by atoms with van der Waals surface area (Å²) in [5.41, 5.74) is 3.53. The van der Waals surface area contributed by atoms with E-state index in [0.29, 0.717) is 41.6 Å². The molecule has 186 valence electrons. The van der Waals surface area contributed by atoms with Gasteiger partial charge < -0.3 is 20.0 Å². The Morgan fingerprint density at radius 3 is 2.59 bits per heavy atom. The van der Waals surface area contributed by atoms with Crippen LogP contribution in [0.5, 0.6) is 0 Å². The van der Waals surface area contributed by atoms with Gasteiger partial charge in [-0.2, -0.15) is 0 Å². The monoisotopic (exact) mass is 495 g/mol. The molecule has 2 N–H and O–H groups in total. The molecule has 6 nitrogen and oxygen atoms in total. The molecule has 5 aromatic rings. The normalized spacial score (nSPS) is 16.0. The lowest BCUT2D eigenvalue weighted by molar-refractivity contribution is -0.119. The highest BCUT2D eigenvalue weighted by atomic mass is 19.1. The lowest BCUT2D eigenvalue weighted by atomic mass is 10.0. The number of fused-ring (bicyclic) bond motifs is 4. The van der Waals surface area contributed by atoms with E-state index >= 15 is 0 Å². The van der Waals surface area contributed by atoms with Crippen molar-refractivity contribution in [2.75, 3.05) is 23.3 Å². The van der Waals surface area contributed by atoms with Crippen LogP contribution in [0.2, 0.25) is 0 Å². The van der Waals surface area contributed by atoms with E-state index < -0.39 is 0 Å². The van der Waals surface area contributed by atoms with Crippen LogP contribution in [0.3, 0.4) is 0 Å². The Morgan fingerprint density at radius 2 is 1.78 bits per heavy atom. The Kier molecular flexibility index (Phi) is 5.75. The molecule has 6 rings (SSSR count). The van der Waals surface area contributed by atoms with E-state index in [4.69, 9.17) is 4.42 Å². The molecule has 0 spiro atoms. The highest BCUT2D eigenvalue weighted by molar-refractivity contribution is 6.09. The summed E-state index contributed by atoms with van der Waals surface area (Å²) in [4.78, 5) is 27.1. The van der Waals surface area contributed by atoms with E-state index in [1.165, 1.54) is 6.07 Å². The molecule has 2 amide bonds. The van der Waals surface area contributed by atoms with Gasteiger partial charge in [0.1, 0.15) is 17.0 Å². The summed E-state index contributed by atoms with van der Waals surface area (Å²) >= 11 is 0. The van der Waals surface area contributed by atoms with Crippen molar-refractivity contribution in [3.63, 3.8) is 0 Å². The summed E-state index contributed by atoms with van der Waals surface area (Å²) in [5.74, 6) is -0.343. The summed E-state index contributed by atoms with van der Waals surface area (Å²) in [7, 11) is 0. The Hall–Kier alpha value is -4.39. The summed E-state index contributed by atoms with van der Waals surface area (Å²) in [6.45, 7) is 3.01. The fourth-order valence-corrected chi connectivity index (χ4v) is 5.14. The predicted molar refractivity (Wildman–Crippen MR) is 145 cm³/mol. The van der Waals surface area contributed by atoms with Crippen molar-refractivity contribution in [3.05, 3.63) is 84.2 Å². The maximum atomic E-state index is 14.0. The second-order valence-corrected chi connectivity index (χ2v) is 9.41. The molecule has 0 aliphatic carbocycles. The number of halogens is 1. The second-order valence-electron chi connectivity index (χ2n) is 9.41. The molecule has 2 heterocycles. The van der Waals surface area contributed by atoms with Crippen LogP contribution in [0.15, 0.2) is 77.2 Å². The second kappa shape index (κ2) is 9.24. The summed E-state index contributed by atoms with van der Waals surface area (Å²) in [6, 6.07) is 21.8. The van der Waals surface area contributed by atoms with Crippen LogP contribution in [-0.2, 0) is 4.79 Å². The van der Waals surface area contributed by atoms with Gasteiger partial charge in [0.25, 0.3) is 5.91 Å². The standard InChI is InChI=1S/C30H26FN3O3/c1-2-32-30(36)19-6-9-24-25-11-8-22(17-28(25)37-27(24)15-19)34-13-12-21(16-29(34)35)33-20-7-10-23-18(14-20)4-3-5-26(23)31/h3-11,14-15,17,21,33H,2,12-13,16H2,1H3,(H,32,36)/t21-/m0/s1. The number of piperidine rings is 1. The average Bonchev–Trinajstić information content (AvgIpc) is 3.26. The van der Waals surface area contributed by atoms with E-state index in [9.17, 15) is 14.0 Å². The van der Waals surface area contributed by atoms with Gasteiger partial charge in [0.05, 0.1) is 0 Å². The third-order valence-electron chi connectivity index (χ3n) is 6.99. The largest absolute Gasteiger partial charge is 0.456 e. The zero-order valence-electron chi connectivity index (χ0n) is 20.4. The summed E-state index contributed by atoms with van der Waals surface area (Å²) in [5, 5.41) is 9.53. The minimum absolute atomic E-state index is 0.00243. The smallest absolute Gasteiger partial charge is 0.251 e. The Morgan fingerprint density at radius 1 is 1.00 bits per heavy atom. The molecule has 4 aromatic carbocycles. The first-order valence-electron chi connectivity index (χ1n) is 12.5. The van der Waals surface area contributed by atoms with Gasteiger partial charge in [-0.1, -0.05) is 12.1 Å². The number of hydrogen-bond donors (Lipinski definition) is 2. The fourth-order valence-electron chi connectivity index (χ4n) is 5.14. The van der Waals surface area contributed by atoms with Gasteiger partial charge in [0.15, 0.2) is 0 Å². The molecule has 0 saturated carbocycles. The Balaban J connectivity index is 1.19. The molecule has 0 unspecified atom stereocenters. The van der Waals surface area contributed by atoms with Crippen molar-refractivity contribution < 1.29 is 18.4 Å². The molecule has 1 aliphatic rings. The van der Waals surface area contributed by atoms with Crippen LogP contribution in [0, 0.1) is 5.82 Å². The molecule has 1 aromatic heterocycles. The van der Waals surface area contributed by atoms with Crippen LogP contribution in [0.25, 0.3) is 32.7 Å². The van der Waals surface area contributed by atoms with Crippen LogP contribution in [0.1, 0.15) is 30.1 Å². The molecular weight excluding hydrogens is 469 g/mol. The highest BCUT2D eigenvalue weighted by Gasteiger charge is 2.27. The van der Waals surface area contributed by atoms with Crippen molar-refractivity contribution >= 4 is 55.9 Å². The van der Waals surface area contributed by atoms with Crippen LogP contribution < -0.4 is 15.5 Å². The minimum Gasteiger partial charge on any atom is -0.456 e. The molecular formula is C30H26FN3O3. The first-order valence-corrected chi connectivity index (χ1v) is 12.5.